The van der Waals surface area contributed by atoms with E-state index in [0.717, 1.165) is 4.68 Å². The van der Waals surface area contributed by atoms with Gasteiger partial charge in [0.15, 0.2) is 17.6 Å². The maximum Gasteiger partial charge on any atom is 0.471 e. The largest absolute Gasteiger partial charge is 0.471 e. The zero-order valence-electron chi connectivity index (χ0n) is 14.5. The highest BCUT2D eigenvalue weighted by atomic mass is 19.4. The summed E-state index contributed by atoms with van der Waals surface area (Å²) in [4.78, 5) is 29.3. The van der Waals surface area contributed by atoms with E-state index in [9.17, 15) is 33.0 Å². The van der Waals surface area contributed by atoms with Crippen molar-refractivity contribution in [2.75, 3.05) is 18.9 Å². The molecule has 0 aromatic carbocycles. The second-order valence-corrected chi connectivity index (χ2v) is 6.04. The van der Waals surface area contributed by atoms with Crippen LogP contribution in [0.2, 0.25) is 0 Å². The van der Waals surface area contributed by atoms with Gasteiger partial charge in [0.05, 0.1) is 19.3 Å². The molecule has 0 aliphatic carbocycles. The predicted molar refractivity (Wildman–Crippen MR) is 90.1 cm³/mol. The van der Waals surface area contributed by atoms with Crippen molar-refractivity contribution in [3.8, 4) is 11.8 Å². The number of carbonyl (C=O) groups excluding carboxylic acids is 1. The molecule has 1 aliphatic rings. The number of anilines is 1. The Morgan fingerprint density at radius 1 is 1.48 bits per heavy atom. The highest BCUT2D eigenvalue weighted by molar-refractivity contribution is 5.82. The molecule has 6 N–H and O–H groups in total. The van der Waals surface area contributed by atoms with Gasteiger partial charge in [0.25, 0.3) is 5.56 Å². The normalized spacial score (nSPS) is 21.8. The van der Waals surface area contributed by atoms with Crippen LogP contribution >= 0.6 is 0 Å². The van der Waals surface area contributed by atoms with Crippen molar-refractivity contribution in [2.24, 2.45) is 0 Å². The number of aromatic amines is 1. The minimum Gasteiger partial charge on any atom is -0.394 e. The van der Waals surface area contributed by atoms with Gasteiger partial charge in [0, 0.05) is 6.42 Å². The lowest BCUT2D eigenvalue weighted by molar-refractivity contribution is -0.173. The van der Waals surface area contributed by atoms with Gasteiger partial charge in [-0.15, -0.1) is 0 Å². The van der Waals surface area contributed by atoms with E-state index in [1.165, 1.54) is 0 Å². The summed E-state index contributed by atoms with van der Waals surface area (Å²) in [7, 11) is 0. The topological polar surface area (TPSA) is 168 Å². The Balaban J connectivity index is 1.94. The Morgan fingerprint density at radius 3 is 2.83 bits per heavy atom. The van der Waals surface area contributed by atoms with Gasteiger partial charge in [-0.05, 0) is 5.92 Å². The van der Waals surface area contributed by atoms with Crippen LogP contribution in [0, 0.1) is 11.8 Å². The van der Waals surface area contributed by atoms with E-state index in [0.29, 0.717) is 0 Å². The van der Waals surface area contributed by atoms with Crippen molar-refractivity contribution in [1.29, 1.82) is 0 Å². The average molecular weight is 416 g/mol. The molecule has 3 unspecified atom stereocenters. The standard InChI is InChI=1S/C15H15F3N6O5/c16-15(17,18)13(28)20-3-1-2-6-10-11(21-14(19)22-12(10)27)24(23-6)9-4-7(26)8(5-25)29-9/h7-9,25-26H,3-5H2,(H,20,28)(H3,19,21,22,27). The minimum atomic E-state index is -5.04. The molecular weight excluding hydrogens is 401 g/mol. The second kappa shape index (κ2) is 7.70. The van der Waals surface area contributed by atoms with Gasteiger partial charge < -0.3 is 26.0 Å². The summed E-state index contributed by atoms with van der Waals surface area (Å²) in [6.45, 7) is -1.09. The molecule has 3 heterocycles. The van der Waals surface area contributed by atoms with Gasteiger partial charge in [-0.1, -0.05) is 5.92 Å². The summed E-state index contributed by atoms with van der Waals surface area (Å²) in [6, 6.07) is 0. The predicted octanol–water partition coefficient (Wildman–Crippen LogP) is -1.63. The Bertz CT molecular complexity index is 1050. The highest BCUT2D eigenvalue weighted by Gasteiger charge is 2.38. The molecule has 2 aromatic heterocycles. The quantitative estimate of drug-likeness (QED) is 0.372. The minimum absolute atomic E-state index is 0.0225. The zero-order chi connectivity index (χ0) is 21.3. The van der Waals surface area contributed by atoms with Crippen LogP contribution in [-0.4, -0.2) is 67.4 Å². The molecule has 3 rings (SSSR count). The van der Waals surface area contributed by atoms with Crippen molar-refractivity contribution in [1.82, 2.24) is 25.1 Å². The average Bonchev–Trinajstić information content (AvgIpc) is 3.17. The van der Waals surface area contributed by atoms with E-state index in [2.05, 4.69) is 26.9 Å². The van der Waals surface area contributed by atoms with Gasteiger partial charge in [0.1, 0.15) is 11.5 Å². The van der Waals surface area contributed by atoms with Gasteiger partial charge in [-0.2, -0.15) is 23.3 Å². The number of hydrogen-bond donors (Lipinski definition) is 5. The fourth-order valence-corrected chi connectivity index (χ4v) is 2.73. The number of amides is 1. The van der Waals surface area contributed by atoms with Crippen molar-refractivity contribution >= 4 is 22.9 Å². The molecule has 0 spiro atoms. The molecule has 1 amide bonds. The van der Waals surface area contributed by atoms with Crippen LogP contribution in [0.5, 0.6) is 0 Å². The SMILES string of the molecule is Nc1nc2c(c(C#CCNC(=O)C(F)(F)F)nn2C2CC(O)C(CO)O2)c(=O)[nH]1. The fourth-order valence-electron chi connectivity index (χ4n) is 2.73. The highest BCUT2D eigenvalue weighted by Crippen LogP contribution is 2.30. The van der Waals surface area contributed by atoms with Crippen molar-refractivity contribution < 1.29 is 32.9 Å². The maximum atomic E-state index is 12.3. The van der Waals surface area contributed by atoms with Crippen LogP contribution in [0.1, 0.15) is 18.3 Å². The van der Waals surface area contributed by atoms with Gasteiger partial charge in [-0.3, -0.25) is 14.6 Å². The number of aliphatic hydroxyl groups excluding tert-OH is 2. The zero-order valence-corrected chi connectivity index (χ0v) is 14.5. The smallest absolute Gasteiger partial charge is 0.394 e. The number of nitrogens with one attached hydrogen (secondary N) is 2. The Kier molecular flexibility index (Phi) is 5.46. The van der Waals surface area contributed by atoms with Crippen LogP contribution in [0.4, 0.5) is 19.1 Å². The summed E-state index contributed by atoms with van der Waals surface area (Å²) in [5, 5.41) is 24.7. The molecule has 1 aliphatic heterocycles. The number of carbonyl (C=O) groups is 1. The fraction of sp³-hybridized carbons (Fsp3) is 0.467. The van der Waals surface area contributed by atoms with Crippen molar-refractivity contribution in [2.45, 2.75) is 31.0 Å². The number of hydrogen-bond acceptors (Lipinski definition) is 8. The Morgan fingerprint density at radius 2 is 2.21 bits per heavy atom. The first-order chi connectivity index (χ1) is 13.6. The number of aliphatic hydroxyl groups is 2. The molecule has 29 heavy (non-hydrogen) atoms. The van der Waals surface area contributed by atoms with E-state index >= 15 is 0 Å². The first kappa shape index (κ1) is 20.6. The van der Waals surface area contributed by atoms with Gasteiger partial charge in [0.2, 0.25) is 5.95 Å². The summed E-state index contributed by atoms with van der Waals surface area (Å²) in [5.74, 6) is 2.30. The summed E-state index contributed by atoms with van der Waals surface area (Å²) >= 11 is 0. The van der Waals surface area contributed by atoms with Crippen LogP contribution in [0.3, 0.4) is 0 Å². The van der Waals surface area contributed by atoms with Gasteiger partial charge >= 0.3 is 12.1 Å². The summed E-state index contributed by atoms with van der Waals surface area (Å²) < 4.78 is 43.2. The third-order valence-corrected chi connectivity index (χ3v) is 4.04. The molecule has 2 aromatic rings. The van der Waals surface area contributed by atoms with Crippen LogP contribution in [0.15, 0.2) is 4.79 Å². The number of rotatable bonds is 3. The van der Waals surface area contributed by atoms with Crippen molar-refractivity contribution in [3.05, 3.63) is 16.0 Å². The van der Waals surface area contributed by atoms with E-state index in [1.807, 2.05) is 0 Å². The molecule has 156 valence electrons. The first-order valence-electron chi connectivity index (χ1n) is 8.18. The molecule has 1 fully saturated rings. The molecule has 0 saturated carbocycles. The number of halogens is 3. The third-order valence-electron chi connectivity index (χ3n) is 4.04. The molecule has 14 heteroatoms. The number of nitrogens with zero attached hydrogens (tertiary/aromatic N) is 3. The molecule has 0 radical (unpaired) electrons. The number of H-pyrrole nitrogens is 1. The summed E-state index contributed by atoms with van der Waals surface area (Å²) in [6.07, 6.45) is -7.76. The van der Waals surface area contributed by atoms with Crippen LogP contribution < -0.4 is 16.6 Å². The summed E-state index contributed by atoms with van der Waals surface area (Å²) in [5.41, 5.74) is 4.69. The van der Waals surface area contributed by atoms with E-state index in [1.54, 1.807) is 5.32 Å². The maximum absolute atomic E-state index is 12.3. The number of alkyl halides is 3. The van der Waals surface area contributed by atoms with Crippen LogP contribution in [-0.2, 0) is 9.53 Å². The van der Waals surface area contributed by atoms with E-state index in [-0.39, 0.29) is 29.1 Å². The number of nitrogen functional groups attached to an aromatic ring is 1. The number of nitrogens with two attached hydrogens (primary N) is 1. The van der Waals surface area contributed by atoms with E-state index in [4.69, 9.17) is 10.5 Å². The number of ether oxygens (including phenoxy) is 1. The van der Waals surface area contributed by atoms with Crippen molar-refractivity contribution in [3.63, 3.8) is 0 Å². The van der Waals surface area contributed by atoms with Crippen LogP contribution in [0.25, 0.3) is 11.0 Å². The Hall–Kier alpha value is -3.15. The van der Waals surface area contributed by atoms with E-state index < -0.39 is 49.2 Å². The molecule has 11 nitrogen and oxygen atoms in total. The monoisotopic (exact) mass is 416 g/mol. The lowest BCUT2D eigenvalue weighted by Crippen LogP contribution is -2.36. The third kappa shape index (κ3) is 4.16. The first-order valence-corrected chi connectivity index (χ1v) is 8.18. The lowest BCUT2D eigenvalue weighted by Gasteiger charge is -2.12. The van der Waals surface area contributed by atoms with Gasteiger partial charge in [-0.25, -0.2) is 4.68 Å². The number of aromatic nitrogens is 4. The second-order valence-electron chi connectivity index (χ2n) is 6.04. The molecular formula is C15H15F3N6O5. The molecule has 0 bridgehead atoms. The lowest BCUT2D eigenvalue weighted by atomic mass is 10.2. The Labute approximate surface area is 159 Å². The molecule has 3 atom stereocenters. The number of fused-ring (bicyclic) bond motifs is 1. The molecule has 1 saturated heterocycles.